The van der Waals surface area contributed by atoms with Gasteiger partial charge in [0.15, 0.2) is 0 Å². The molecule has 0 aromatic heterocycles. The summed E-state index contributed by atoms with van der Waals surface area (Å²) in [6, 6.07) is 7.31. The van der Waals surface area contributed by atoms with E-state index in [0.717, 1.165) is 0 Å². The van der Waals surface area contributed by atoms with Gasteiger partial charge in [0.2, 0.25) is 15.9 Å². The summed E-state index contributed by atoms with van der Waals surface area (Å²) in [7, 11) is -8.24. The molecule has 0 aliphatic rings. The van der Waals surface area contributed by atoms with E-state index in [1.807, 2.05) is 0 Å². The maximum atomic E-state index is 11.9. The minimum Gasteiger partial charge on any atom is -0.354 e. The van der Waals surface area contributed by atoms with Crippen molar-refractivity contribution in [2.75, 3.05) is 26.2 Å². The van der Waals surface area contributed by atoms with E-state index < -0.39 is 45.4 Å². The summed E-state index contributed by atoms with van der Waals surface area (Å²) < 4.78 is 87.0. The molecule has 0 atom stereocenters. The molecule has 14 heteroatoms. The summed E-state index contributed by atoms with van der Waals surface area (Å²) in [6.07, 6.45) is -4.70. The topological polar surface area (TPSA) is 133 Å². The molecule has 0 spiro atoms. The van der Waals surface area contributed by atoms with Crippen molar-refractivity contribution in [3.63, 3.8) is 0 Å². The third-order valence-corrected chi connectivity index (χ3v) is 5.20. The summed E-state index contributed by atoms with van der Waals surface area (Å²) in [5, 5.41) is 2.21. The highest BCUT2D eigenvalue weighted by Gasteiger charge is 2.29. The zero-order valence-corrected chi connectivity index (χ0v) is 14.8. The van der Waals surface area contributed by atoms with E-state index in [1.165, 1.54) is 29.0 Å². The van der Waals surface area contributed by atoms with Crippen molar-refractivity contribution in [2.45, 2.75) is 11.1 Å². The molecule has 4 N–H and O–H groups in total. The van der Waals surface area contributed by atoms with Gasteiger partial charge in [-0.05, 0) is 12.1 Å². The number of benzene rings is 1. The Labute approximate surface area is 148 Å². The van der Waals surface area contributed by atoms with Crippen molar-refractivity contribution in [3.8, 4) is 0 Å². The van der Waals surface area contributed by atoms with Crippen LogP contribution in [-0.2, 0) is 25.0 Å². The van der Waals surface area contributed by atoms with Crippen molar-refractivity contribution >= 4 is 26.1 Å². The lowest BCUT2D eigenvalue weighted by atomic mass is 10.4. The van der Waals surface area contributed by atoms with Gasteiger partial charge in [-0.3, -0.25) is 4.79 Å². The molecule has 0 saturated heterocycles. The van der Waals surface area contributed by atoms with Gasteiger partial charge in [0, 0.05) is 13.1 Å². The van der Waals surface area contributed by atoms with Crippen molar-refractivity contribution < 1.29 is 34.8 Å². The van der Waals surface area contributed by atoms with E-state index in [0.29, 0.717) is 0 Å². The van der Waals surface area contributed by atoms with Gasteiger partial charge in [0.1, 0.15) is 6.54 Å². The first-order valence-corrected chi connectivity index (χ1v) is 10.0. The van der Waals surface area contributed by atoms with Gasteiger partial charge in [-0.2, -0.15) is 26.3 Å². The first-order chi connectivity index (χ1) is 11.9. The molecule has 0 radical (unpaired) electrons. The van der Waals surface area contributed by atoms with Crippen molar-refractivity contribution in [3.05, 3.63) is 30.3 Å². The molecule has 0 aliphatic carbocycles. The van der Waals surface area contributed by atoms with E-state index in [4.69, 9.17) is 0 Å². The summed E-state index contributed by atoms with van der Waals surface area (Å²) in [6.45, 7) is -2.95. The second-order valence-corrected chi connectivity index (χ2v) is 8.17. The molecule has 0 unspecified atom stereocenters. The van der Waals surface area contributed by atoms with Gasteiger partial charge in [-0.25, -0.2) is 17.9 Å². The van der Waals surface area contributed by atoms with Crippen LogP contribution in [0.4, 0.5) is 13.2 Å². The van der Waals surface area contributed by atoms with Crippen LogP contribution in [0.2, 0.25) is 0 Å². The number of hydrogen-bond acceptors (Lipinski definition) is 5. The highest BCUT2D eigenvalue weighted by molar-refractivity contribution is 7.89. The third kappa shape index (κ3) is 9.10. The molecule has 148 valence electrons. The Kier molecular flexibility index (Phi) is 7.95. The molecule has 0 aliphatic heterocycles. The lowest BCUT2D eigenvalue weighted by Gasteiger charge is -2.11. The summed E-state index contributed by atoms with van der Waals surface area (Å²) in [4.78, 5) is 11.5. The normalized spacial score (nSPS) is 12.7. The Morgan fingerprint density at radius 3 is 2.12 bits per heavy atom. The van der Waals surface area contributed by atoms with Crippen LogP contribution in [0.3, 0.4) is 0 Å². The second kappa shape index (κ2) is 9.27. The highest BCUT2D eigenvalue weighted by atomic mass is 32.2. The predicted molar refractivity (Wildman–Crippen MR) is 85.6 cm³/mol. The minimum absolute atomic E-state index is 0.0312. The Balaban J connectivity index is 2.31. The maximum Gasteiger partial charge on any atom is 0.402 e. The standard InChI is InChI=1S/C12H17F3N4O5S2/c13-12(14,15)9-19-26(23,24)17-7-6-16-11(20)8-18-25(21,22)10-4-2-1-3-5-10/h1-5,17-19H,6-9H2,(H,16,20). The molecule has 1 aromatic carbocycles. The Hall–Kier alpha value is -1.74. The summed E-state index contributed by atoms with van der Waals surface area (Å²) >= 11 is 0. The van der Waals surface area contributed by atoms with Gasteiger partial charge >= 0.3 is 6.18 Å². The zero-order valence-electron chi connectivity index (χ0n) is 13.2. The van der Waals surface area contributed by atoms with Crippen LogP contribution in [0.15, 0.2) is 35.2 Å². The molecule has 0 heterocycles. The van der Waals surface area contributed by atoms with E-state index in [2.05, 4.69) is 10.0 Å². The van der Waals surface area contributed by atoms with Crippen LogP contribution in [0.1, 0.15) is 0 Å². The van der Waals surface area contributed by atoms with Crippen molar-refractivity contribution in [1.82, 2.24) is 19.5 Å². The lowest BCUT2D eigenvalue weighted by Crippen LogP contribution is -2.45. The van der Waals surface area contributed by atoms with Crippen LogP contribution < -0.4 is 19.5 Å². The quantitative estimate of drug-likeness (QED) is 0.364. The van der Waals surface area contributed by atoms with E-state index in [9.17, 15) is 34.8 Å². The van der Waals surface area contributed by atoms with Crippen LogP contribution in [0, 0.1) is 0 Å². The smallest absolute Gasteiger partial charge is 0.354 e. The summed E-state index contributed by atoms with van der Waals surface area (Å²) in [5.41, 5.74) is 0. The van der Waals surface area contributed by atoms with Crippen molar-refractivity contribution in [2.24, 2.45) is 0 Å². The molecule has 0 bridgehead atoms. The van der Waals surface area contributed by atoms with Crippen LogP contribution in [-0.4, -0.2) is 55.1 Å². The number of sulfonamides is 1. The molecular formula is C12H17F3N4O5S2. The van der Waals surface area contributed by atoms with Gasteiger partial charge in [0.05, 0.1) is 11.4 Å². The fourth-order valence-electron chi connectivity index (χ4n) is 1.52. The first kappa shape index (κ1) is 22.3. The van der Waals surface area contributed by atoms with Crippen LogP contribution in [0.5, 0.6) is 0 Å². The molecule has 0 saturated carbocycles. The Bertz CT molecular complexity index is 798. The minimum atomic E-state index is -4.70. The zero-order chi connectivity index (χ0) is 19.8. The highest BCUT2D eigenvalue weighted by Crippen LogP contribution is 2.12. The largest absolute Gasteiger partial charge is 0.402 e. The maximum absolute atomic E-state index is 11.9. The van der Waals surface area contributed by atoms with Crippen molar-refractivity contribution in [1.29, 1.82) is 0 Å². The van der Waals surface area contributed by atoms with E-state index in [-0.39, 0.29) is 18.0 Å². The van der Waals surface area contributed by atoms with Crippen LogP contribution >= 0.6 is 0 Å². The molecular weight excluding hydrogens is 401 g/mol. The van der Waals surface area contributed by atoms with Gasteiger partial charge in [-0.1, -0.05) is 18.2 Å². The summed E-state index contributed by atoms with van der Waals surface area (Å²) in [5.74, 6) is -0.744. The number of halogens is 3. The number of alkyl halides is 3. The Morgan fingerprint density at radius 2 is 1.54 bits per heavy atom. The molecule has 0 fully saturated rings. The van der Waals surface area contributed by atoms with E-state index >= 15 is 0 Å². The van der Waals surface area contributed by atoms with Gasteiger partial charge < -0.3 is 5.32 Å². The molecule has 1 amide bonds. The molecule has 9 nitrogen and oxygen atoms in total. The lowest BCUT2D eigenvalue weighted by molar-refractivity contribution is -0.121. The third-order valence-electron chi connectivity index (χ3n) is 2.68. The fraction of sp³-hybridized carbons (Fsp3) is 0.417. The number of hydrogen-bond donors (Lipinski definition) is 4. The average molecular weight is 418 g/mol. The van der Waals surface area contributed by atoms with Gasteiger partial charge in [0.25, 0.3) is 10.2 Å². The van der Waals surface area contributed by atoms with E-state index in [1.54, 1.807) is 10.8 Å². The average Bonchev–Trinajstić information content (AvgIpc) is 2.56. The molecule has 1 rings (SSSR count). The number of rotatable bonds is 10. The fourth-order valence-corrected chi connectivity index (χ4v) is 3.35. The number of carbonyl (C=O) groups is 1. The Morgan fingerprint density at radius 1 is 0.923 bits per heavy atom. The SMILES string of the molecule is O=C(CNS(=O)(=O)c1ccccc1)NCCNS(=O)(=O)NCC(F)(F)F. The monoisotopic (exact) mass is 418 g/mol. The molecule has 1 aromatic rings. The number of amides is 1. The number of carbonyl (C=O) groups excluding carboxylic acids is 1. The second-order valence-electron chi connectivity index (χ2n) is 4.82. The number of nitrogens with one attached hydrogen (secondary N) is 4. The van der Waals surface area contributed by atoms with Gasteiger partial charge in [-0.15, -0.1) is 0 Å². The first-order valence-electron chi connectivity index (χ1n) is 7.04. The van der Waals surface area contributed by atoms with Crippen LogP contribution in [0.25, 0.3) is 0 Å². The predicted octanol–water partition coefficient (Wildman–Crippen LogP) is -0.933. The molecule has 26 heavy (non-hydrogen) atoms.